The first-order valence-electron chi connectivity index (χ1n) is 10.6. The van der Waals surface area contributed by atoms with Crippen LogP contribution in [0.3, 0.4) is 0 Å². The summed E-state index contributed by atoms with van der Waals surface area (Å²) in [5.74, 6) is 0.783. The summed E-state index contributed by atoms with van der Waals surface area (Å²) in [5.41, 5.74) is 0. The Labute approximate surface area is 157 Å². The summed E-state index contributed by atoms with van der Waals surface area (Å²) < 4.78 is 17.7. The van der Waals surface area contributed by atoms with E-state index in [1.807, 2.05) is 20.8 Å². The van der Waals surface area contributed by atoms with Gasteiger partial charge in [0, 0.05) is 32.4 Å². The van der Waals surface area contributed by atoms with Crippen LogP contribution in [0.4, 0.5) is 0 Å². The van der Waals surface area contributed by atoms with Crippen LogP contribution in [-0.2, 0) is 13.3 Å². The molecule has 4 nitrogen and oxygen atoms in total. The summed E-state index contributed by atoms with van der Waals surface area (Å²) in [7, 11) is -2.41. The molecule has 0 aliphatic carbocycles. The molecular formula is C20H41NO3Si. The summed E-state index contributed by atoms with van der Waals surface area (Å²) in [4.78, 5) is 0. The minimum atomic E-state index is -2.41. The van der Waals surface area contributed by atoms with Gasteiger partial charge in [-0.1, -0.05) is 51.0 Å². The molecule has 5 heteroatoms. The summed E-state index contributed by atoms with van der Waals surface area (Å²) in [5, 5.41) is 3.28. The standard InChI is InChI=1S/C20H41NO3Si/c1-4-22-25(23-5-2,24-6-3)18-14-12-10-8-7-9-11-13-15-20-16-17-21-19-20/h16-17,20-21H,4-15,18-19H2,1-3H3. The zero-order valence-corrected chi connectivity index (χ0v) is 17.9. The van der Waals surface area contributed by atoms with Gasteiger partial charge in [0.1, 0.15) is 0 Å². The first-order chi connectivity index (χ1) is 12.3. The maximum Gasteiger partial charge on any atom is 0.500 e. The molecule has 1 heterocycles. The minimum Gasteiger partial charge on any atom is -0.391 e. The van der Waals surface area contributed by atoms with E-state index in [2.05, 4.69) is 17.6 Å². The van der Waals surface area contributed by atoms with E-state index < -0.39 is 8.80 Å². The van der Waals surface area contributed by atoms with Gasteiger partial charge in [0.15, 0.2) is 0 Å². The number of hydrogen-bond acceptors (Lipinski definition) is 4. The molecule has 148 valence electrons. The van der Waals surface area contributed by atoms with E-state index in [1.165, 1.54) is 51.4 Å². The molecule has 1 N–H and O–H groups in total. The first-order valence-corrected chi connectivity index (χ1v) is 12.5. The molecule has 0 aromatic carbocycles. The molecule has 0 bridgehead atoms. The molecule has 0 radical (unpaired) electrons. The Kier molecular flexibility index (Phi) is 13.4. The Hall–Kier alpha value is -0.363. The number of nitrogens with one attached hydrogen (secondary N) is 1. The van der Waals surface area contributed by atoms with Crippen molar-refractivity contribution in [3.8, 4) is 0 Å². The van der Waals surface area contributed by atoms with Gasteiger partial charge in [-0.25, -0.2) is 0 Å². The summed E-state index contributed by atoms with van der Waals surface area (Å²) in [6.45, 7) is 9.27. The molecule has 0 saturated carbocycles. The van der Waals surface area contributed by atoms with E-state index in [9.17, 15) is 0 Å². The van der Waals surface area contributed by atoms with Crippen molar-refractivity contribution in [1.29, 1.82) is 0 Å². The topological polar surface area (TPSA) is 39.7 Å². The fourth-order valence-electron chi connectivity index (χ4n) is 3.50. The lowest BCUT2D eigenvalue weighted by molar-refractivity contribution is 0.0706. The number of rotatable bonds is 17. The fraction of sp³-hybridized carbons (Fsp3) is 0.900. The second-order valence-corrected chi connectivity index (χ2v) is 9.61. The van der Waals surface area contributed by atoms with E-state index in [-0.39, 0.29) is 0 Å². The largest absolute Gasteiger partial charge is 0.500 e. The number of unbranched alkanes of at least 4 members (excludes halogenated alkanes) is 7. The monoisotopic (exact) mass is 371 g/mol. The van der Waals surface area contributed by atoms with Gasteiger partial charge in [0.2, 0.25) is 0 Å². The summed E-state index contributed by atoms with van der Waals surface area (Å²) in [6, 6.07) is 0.964. The highest BCUT2D eigenvalue weighted by Crippen LogP contribution is 2.21. The highest BCUT2D eigenvalue weighted by atomic mass is 28.4. The second kappa shape index (κ2) is 14.8. The Bertz CT molecular complexity index is 322. The molecule has 1 unspecified atom stereocenters. The maximum atomic E-state index is 5.91. The van der Waals surface area contributed by atoms with Crippen LogP contribution in [0, 0.1) is 5.92 Å². The zero-order valence-electron chi connectivity index (χ0n) is 16.9. The molecule has 1 aliphatic heterocycles. The van der Waals surface area contributed by atoms with Crippen LogP contribution < -0.4 is 5.32 Å². The third-order valence-electron chi connectivity index (χ3n) is 4.77. The molecule has 0 spiro atoms. The normalized spacial score (nSPS) is 17.2. The Morgan fingerprint density at radius 1 is 0.800 bits per heavy atom. The lowest BCUT2D eigenvalue weighted by Gasteiger charge is -2.28. The molecule has 0 saturated heterocycles. The van der Waals surface area contributed by atoms with Gasteiger partial charge < -0.3 is 18.6 Å². The molecule has 1 aliphatic rings. The molecule has 0 aromatic rings. The van der Waals surface area contributed by atoms with Gasteiger partial charge in [-0.15, -0.1) is 0 Å². The molecule has 1 atom stereocenters. The van der Waals surface area contributed by atoms with Crippen molar-refractivity contribution >= 4 is 8.80 Å². The molecule has 1 rings (SSSR count). The molecular weight excluding hydrogens is 330 g/mol. The molecule has 0 fully saturated rings. The average molecular weight is 372 g/mol. The summed E-state index contributed by atoms with van der Waals surface area (Å²) >= 11 is 0. The lowest BCUT2D eigenvalue weighted by atomic mass is 10.0. The van der Waals surface area contributed by atoms with Gasteiger partial charge >= 0.3 is 8.80 Å². The van der Waals surface area contributed by atoms with Crippen molar-refractivity contribution in [3.05, 3.63) is 12.3 Å². The van der Waals surface area contributed by atoms with E-state index >= 15 is 0 Å². The summed E-state index contributed by atoms with van der Waals surface area (Å²) in [6.07, 6.45) is 16.4. The van der Waals surface area contributed by atoms with E-state index in [1.54, 1.807) is 0 Å². The van der Waals surface area contributed by atoms with Crippen LogP contribution in [-0.4, -0.2) is 35.2 Å². The van der Waals surface area contributed by atoms with Gasteiger partial charge in [-0.05, 0) is 45.7 Å². The smallest absolute Gasteiger partial charge is 0.391 e. The van der Waals surface area contributed by atoms with Crippen LogP contribution >= 0.6 is 0 Å². The van der Waals surface area contributed by atoms with E-state index in [4.69, 9.17) is 13.3 Å². The second-order valence-electron chi connectivity index (χ2n) is 6.88. The zero-order chi connectivity index (χ0) is 18.2. The predicted molar refractivity (Wildman–Crippen MR) is 108 cm³/mol. The fourth-order valence-corrected chi connectivity index (χ4v) is 6.19. The van der Waals surface area contributed by atoms with Gasteiger partial charge in [-0.2, -0.15) is 0 Å². The van der Waals surface area contributed by atoms with Crippen molar-refractivity contribution in [3.63, 3.8) is 0 Å². The molecule has 25 heavy (non-hydrogen) atoms. The quantitative estimate of drug-likeness (QED) is 0.279. The lowest BCUT2D eigenvalue weighted by Crippen LogP contribution is -2.45. The molecule has 0 aromatic heterocycles. The van der Waals surface area contributed by atoms with Gasteiger partial charge in [-0.3, -0.25) is 0 Å². The predicted octanol–water partition coefficient (Wildman–Crippen LogP) is 5.28. The van der Waals surface area contributed by atoms with Crippen LogP contribution in [0.2, 0.25) is 6.04 Å². The van der Waals surface area contributed by atoms with Gasteiger partial charge in [0.05, 0.1) is 0 Å². The van der Waals surface area contributed by atoms with Crippen LogP contribution in [0.25, 0.3) is 0 Å². The maximum absolute atomic E-state index is 5.91. The van der Waals surface area contributed by atoms with Crippen molar-refractivity contribution in [2.45, 2.75) is 84.6 Å². The molecule has 0 amide bonds. The minimum absolute atomic E-state index is 0.679. The van der Waals surface area contributed by atoms with Crippen molar-refractivity contribution in [2.75, 3.05) is 26.4 Å². The van der Waals surface area contributed by atoms with Crippen molar-refractivity contribution in [2.24, 2.45) is 5.92 Å². The Morgan fingerprint density at radius 3 is 1.80 bits per heavy atom. The van der Waals surface area contributed by atoms with Crippen molar-refractivity contribution < 1.29 is 13.3 Å². The average Bonchev–Trinajstić information content (AvgIpc) is 3.11. The van der Waals surface area contributed by atoms with Crippen LogP contribution in [0.1, 0.15) is 78.6 Å². The highest BCUT2D eigenvalue weighted by molar-refractivity contribution is 6.60. The van der Waals surface area contributed by atoms with Crippen molar-refractivity contribution in [1.82, 2.24) is 5.32 Å². The Morgan fingerprint density at radius 2 is 1.32 bits per heavy atom. The van der Waals surface area contributed by atoms with Crippen LogP contribution in [0.15, 0.2) is 12.3 Å². The SMILES string of the molecule is CCO[Si](CCCCCCCCCCC1C=CNC1)(OCC)OCC. The van der Waals surface area contributed by atoms with E-state index in [0.717, 1.165) is 24.9 Å². The van der Waals surface area contributed by atoms with Gasteiger partial charge in [0.25, 0.3) is 0 Å². The third-order valence-corrected chi connectivity index (χ3v) is 7.92. The third kappa shape index (κ3) is 10.4. The Balaban J connectivity index is 1.98. The first kappa shape index (κ1) is 22.7. The van der Waals surface area contributed by atoms with E-state index in [0.29, 0.717) is 19.8 Å². The highest BCUT2D eigenvalue weighted by Gasteiger charge is 2.39. The number of hydrogen-bond donors (Lipinski definition) is 1. The van der Waals surface area contributed by atoms with Crippen LogP contribution in [0.5, 0.6) is 0 Å².